The number of rotatable bonds is 2. The van der Waals surface area contributed by atoms with Crippen molar-refractivity contribution in [2.75, 3.05) is 5.32 Å². The van der Waals surface area contributed by atoms with Crippen molar-refractivity contribution in [1.82, 2.24) is 0 Å². The number of hydrogen-bond acceptors (Lipinski definition) is 2. The van der Waals surface area contributed by atoms with E-state index in [9.17, 15) is 13.2 Å². The molecule has 0 atom stereocenters. The number of nitrogens with one attached hydrogen (secondary N) is 1. The lowest BCUT2D eigenvalue weighted by Gasteiger charge is -2.10. The molecule has 0 amide bonds. The Labute approximate surface area is 115 Å². The zero-order valence-corrected chi connectivity index (χ0v) is 10.9. The van der Waals surface area contributed by atoms with Crippen molar-refractivity contribution < 1.29 is 13.2 Å². The summed E-state index contributed by atoms with van der Waals surface area (Å²) in [5.41, 5.74) is -0.439. The standard InChI is InChI=1S/C13H6BrF3N2/c14-8-4-10(16)13(11(17)5-8)19-12-2-1-7(6-18)3-9(12)15/h1-5,19H. The number of hydrogen-bond donors (Lipinski definition) is 1. The molecule has 0 saturated heterocycles. The van der Waals surface area contributed by atoms with Crippen molar-refractivity contribution in [3.63, 3.8) is 0 Å². The zero-order chi connectivity index (χ0) is 14.0. The summed E-state index contributed by atoms with van der Waals surface area (Å²) in [5.74, 6) is -2.47. The third-order valence-corrected chi connectivity index (χ3v) is 2.82. The fraction of sp³-hybridized carbons (Fsp3) is 0. The minimum atomic E-state index is -0.851. The fourth-order valence-corrected chi connectivity index (χ4v) is 1.88. The van der Waals surface area contributed by atoms with Crippen molar-refractivity contribution in [3.8, 4) is 6.07 Å². The summed E-state index contributed by atoms with van der Waals surface area (Å²) in [7, 11) is 0. The molecule has 0 fully saturated rings. The van der Waals surface area contributed by atoms with Crippen LogP contribution in [-0.4, -0.2) is 0 Å². The van der Waals surface area contributed by atoms with Gasteiger partial charge in [0.1, 0.15) is 11.5 Å². The maximum atomic E-state index is 13.6. The molecule has 1 N–H and O–H groups in total. The van der Waals surface area contributed by atoms with Crippen LogP contribution in [-0.2, 0) is 0 Å². The molecule has 2 aromatic rings. The fourth-order valence-electron chi connectivity index (χ4n) is 1.48. The van der Waals surface area contributed by atoms with Crippen molar-refractivity contribution in [2.24, 2.45) is 0 Å². The summed E-state index contributed by atoms with van der Waals surface area (Å²) in [6.07, 6.45) is 0. The molecule has 0 bridgehead atoms. The van der Waals surface area contributed by atoms with Crippen molar-refractivity contribution in [1.29, 1.82) is 5.26 Å². The van der Waals surface area contributed by atoms with E-state index in [1.807, 2.05) is 0 Å². The van der Waals surface area contributed by atoms with Crippen molar-refractivity contribution in [3.05, 3.63) is 57.8 Å². The molecule has 0 aliphatic rings. The molecule has 2 rings (SSSR count). The summed E-state index contributed by atoms with van der Waals surface area (Å²) in [4.78, 5) is 0. The highest BCUT2D eigenvalue weighted by Gasteiger charge is 2.13. The van der Waals surface area contributed by atoms with E-state index in [0.717, 1.165) is 18.2 Å². The molecular formula is C13H6BrF3N2. The Morgan fingerprint density at radius 1 is 1.00 bits per heavy atom. The van der Waals surface area contributed by atoms with E-state index in [1.165, 1.54) is 12.1 Å². The van der Waals surface area contributed by atoms with Crippen LogP contribution in [0.25, 0.3) is 0 Å². The molecule has 6 heteroatoms. The molecule has 96 valence electrons. The molecule has 0 aliphatic carbocycles. The quantitative estimate of drug-likeness (QED) is 0.883. The van der Waals surface area contributed by atoms with Gasteiger partial charge < -0.3 is 5.32 Å². The Kier molecular flexibility index (Phi) is 3.76. The number of anilines is 2. The van der Waals surface area contributed by atoms with E-state index in [2.05, 4.69) is 21.2 Å². The van der Waals surface area contributed by atoms with E-state index < -0.39 is 23.1 Å². The largest absolute Gasteiger partial charge is 0.348 e. The van der Waals surface area contributed by atoms with E-state index >= 15 is 0 Å². The summed E-state index contributed by atoms with van der Waals surface area (Å²) < 4.78 is 41.0. The van der Waals surface area contributed by atoms with Gasteiger partial charge in [0, 0.05) is 4.47 Å². The zero-order valence-electron chi connectivity index (χ0n) is 9.35. The van der Waals surface area contributed by atoms with Gasteiger partial charge in [-0.3, -0.25) is 0 Å². The van der Waals surface area contributed by atoms with Crippen LogP contribution in [0.5, 0.6) is 0 Å². The molecule has 0 radical (unpaired) electrons. The molecule has 0 unspecified atom stereocenters. The van der Waals surface area contributed by atoms with Crippen LogP contribution in [0.1, 0.15) is 5.56 Å². The number of halogens is 4. The number of nitrogens with zero attached hydrogens (tertiary/aromatic N) is 1. The maximum absolute atomic E-state index is 13.6. The van der Waals surface area contributed by atoms with Crippen LogP contribution in [0.3, 0.4) is 0 Å². The maximum Gasteiger partial charge on any atom is 0.150 e. The molecular weight excluding hydrogens is 321 g/mol. The predicted molar refractivity (Wildman–Crippen MR) is 68.5 cm³/mol. The van der Waals surface area contributed by atoms with Gasteiger partial charge in [-0.1, -0.05) is 15.9 Å². The number of nitriles is 1. The summed E-state index contributed by atoms with van der Waals surface area (Å²) in [6.45, 7) is 0. The molecule has 0 aliphatic heterocycles. The summed E-state index contributed by atoms with van der Waals surface area (Å²) in [6, 6.07) is 7.47. The van der Waals surface area contributed by atoms with E-state index in [0.29, 0.717) is 0 Å². The molecule has 19 heavy (non-hydrogen) atoms. The Morgan fingerprint density at radius 2 is 1.63 bits per heavy atom. The highest BCUT2D eigenvalue weighted by molar-refractivity contribution is 9.10. The minimum Gasteiger partial charge on any atom is -0.348 e. The Hall–Kier alpha value is -2.00. The highest BCUT2D eigenvalue weighted by atomic mass is 79.9. The molecule has 2 nitrogen and oxygen atoms in total. The van der Waals surface area contributed by atoms with Crippen LogP contribution in [0.4, 0.5) is 24.5 Å². The van der Waals surface area contributed by atoms with Crippen molar-refractivity contribution >= 4 is 27.3 Å². The van der Waals surface area contributed by atoms with Gasteiger partial charge in [0.2, 0.25) is 0 Å². The average Bonchev–Trinajstić information content (AvgIpc) is 2.35. The summed E-state index contributed by atoms with van der Waals surface area (Å²) >= 11 is 2.95. The molecule has 0 saturated carbocycles. The topological polar surface area (TPSA) is 35.8 Å². The lowest BCUT2D eigenvalue weighted by molar-refractivity contribution is 0.588. The Balaban J connectivity index is 2.40. The lowest BCUT2D eigenvalue weighted by atomic mass is 10.2. The molecule has 2 aromatic carbocycles. The molecule has 0 aromatic heterocycles. The van der Waals surface area contributed by atoms with Crippen LogP contribution in [0.15, 0.2) is 34.8 Å². The van der Waals surface area contributed by atoms with Crippen LogP contribution in [0, 0.1) is 28.8 Å². The van der Waals surface area contributed by atoms with E-state index in [4.69, 9.17) is 5.26 Å². The third-order valence-electron chi connectivity index (χ3n) is 2.36. The minimum absolute atomic E-state index is 0.112. The summed E-state index contributed by atoms with van der Waals surface area (Å²) in [5, 5.41) is 10.9. The van der Waals surface area contributed by atoms with Gasteiger partial charge in [-0.05, 0) is 30.3 Å². The van der Waals surface area contributed by atoms with Crippen LogP contribution < -0.4 is 5.32 Å². The van der Waals surface area contributed by atoms with Crippen LogP contribution in [0.2, 0.25) is 0 Å². The molecule has 0 heterocycles. The van der Waals surface area contributed by atoms with Gasteiger partial charge >= 0.3 is 0 Å². The highest BCUT2D eigenvalue weighted by Crippen LogP contribution is 2.28. The first-order valence-corrected chi connectivity index (χ1v) is 5.92. The monoisotopic (exact) mass is 326 g/mol. The smallest absolute Gasteiger partial charge is 0.150 e. The van der Waals surface area contributed by atoms with Gasteiger partial charge in [0.05, 0.1) is 17.3 Å². The average molecular weight is 327 g/mol. The second-order valence-electron chi connectivity index (χ2n) is 3.68. The Morgan fingerprint density at radius 3 is 2.16 bits per heavy atom. The first kappa shape index (κ1) is 13.4. The second-order valence-corrected chi connectivity index (χ2v) is 4.59. The first-order valence-electron chi connectivity index (χ1n) is 5.12. The lowest BCUT2D eigenvalue weighted by Crippen LogP contribution is -2.00. The SMILES string of the molecule is N#Cc1ccc(Nc2c(F)cc(Br)cc2F)c(F)c1. The van der Waals surface area contributed by atoms with Gasteiger partial charge in [-0.15, -0.1) is 0 Å². The van der Waals surface area contributed by atoms with Gasteiger partial charge in [0.15, 0.2) is 11.6 Å². The normalized spacial score (nSPS) is 10.1. The van der Waals surface area contributed by atoms with E-state index in [-0.39, 0.29) is 15.7 Å². The van der Waals surface area contributed by atoms with Crippen LogP contribution >= 0.6 is 15.9 Å². The predicted octanol–water partition coefficient (Wildman–Crippen LogP) is 4.48. The third kappa shape index (κ3) is 2.88. The van der Waals surface area contributed by atoms with Gasteiger partial charge in [-0.25, -0.2) is 13.2 Å². The number of benzene rings is 2. The molecule has 0 spiro atoms. The van der Waals surface area contributed by atoms with E-state index in [1.54, 1.807) is 6.07 Å². The van der Waals surface area contributed by atoms with Crippen molar-refractivity contribution in [2.45, 2.75) is 0 Å². The van der Waals surface area contributed by atoms with Gasteiger partial charge in [-0.2, -0.15) is 5.26 Å². The Bertz CT molecular complexity index is 657. The first-order chi connectivity index (χ1) is 9.01. The second kappa shape index (κ2) is 5.33. The van der Waals surface area contributed by atoms with Gasteiger partial charge in [0.25, 0.3) is 0 Å².